The van der Waals surface area contributed by atoms with E-state index >= 15 is 0 Å². The summed E-state index contributed by atoms with van der Waals surface area (Å²) < 4.78 is 0. The molecule has 1 nitrogen and oxygen atoms in total. The number of fused-ring (bicyclic) bond motifs is 3. The number of anilines is 3. The highest BCUT2D eigenvalue weighted by atomic mass is 15.1. The summed E-state index contributed by atoms with van der Waals surface area (Å²) in [5, 5.41) is 4.83. The fourth-order valence-electron chi connectivity index (χ4n) is 7.48. The minimum atomic E-state index is -0.0295. The fourth-order valence-corrected chi connectivity index (χ4v) is 7.48. The monoisotopic (exact) mass is 603 g/mol. The van der Waals surface area contributed by atoms with Crippen molar-refractivity contribution in [3.63, 3.8) is 0 Å². The molecule has 0 N–H and O–H groups in total. The molecule has 8 rings (SSSR count). The molecule has 0 aromatic heterocycles. The maximum absolute atomic E-state index is 4.36. The summed E-state index contributed by atoms with van der Waals surface area (Å²) in [4.78, 5) is 2.40. The summed E-state index contributed by atoms with van der Waals surface area (Å²) in [5.41, 5.74) is 13.6. The minimum Gasteiger partial charge on any atom is -0.310 e. The smallest absolute Gasteiger partial charge is 0.0540 e. The second-order valence-corrected chi connectivity index (χ2v) is 13.1. The predicted octanol–water partition coefficient (Wildman–Crippen LogP) is 12.9. The van der Waals surface area contributed by atoms with E-state index in [4.69, 9.17) is 0 Å². The van der Waals surface area contributed by atoms with Crippen LogP contribution >= 0.6 is 0 Å². The van der Waals surface area contributed by atoms with Gasteiger partial charge in [0, 0.05) is 22.2 Å². The molecule has 0 bridgehead atoms. The van der Waals surface area contributed by atoms with Crippen LogP contribution in [0.5, 0.6) is 0 Å². The number of allylic oxidation sites excluding steroid dienone is 1. The van der Waals surface area contributed by atoms with Gasteiger partial charge in [-0.3, -0.25) is 0 Å². The molecule has 1 aliphatic carbocycles. The molecule has 7 aromatic carbocycles. The van der Waals surface area contributed by atoms with Gasteiger partial charge >= 0.3 is 0 Å². The number of benzene rings is 7. The zero-order chi connectivity index (χ0) is 32.1. The molecule has 0 radical (unpaired) electrons. The van der Waals surface area contributed by atoms with Crippen molar-refractivity contribution in [2.45, 2.75) is 26.2 Å². The van der Waals surface area contributed by atoms with Gasteiger partial charge in [0.05, 0.1) is 5.69 Å². The first kappa shape index (κ1) is 28.8. The number of nitrogens with zero attached hydrogens (tertiary/aromatic N) is 1. The predicted molar refractivity (Wildman–Crippen MR) is 203 cm³/mol. The van der Waals surface area contributed by atoms with E-state index in [2.05, 4.69) is 184 Å². The molecular formula is C46H37N. The Morgan fingerprint density at radius 1 is 0.553 bits per heavy atom. The topological polar surface area (TPSA) is 3.24 Å². The van der Waals surface area contributed by atoms with Crippen LogP contribution < -0.4 is 4.90 Å². The molecule has 0 fully saturated rings. The Labute approximate surface area is 277 Å². The van der Waals surface area contributed by atoms with Gasteiger partial charge in [0.25, 0.3) is 0 Å². The van der Waals surface area contributed by atoms with Crippen LogP contribution in [0.15, 0.2) is 164 Å². The lowest BCUT2D eigenvalue weighted by molar-refractivity contribution is 0.639. The SMILES string of the molecule is C=Cc1c(C2=C(C)C(C)(C)c3ccccc32)ccc2ccc(N(c3ccc(-c4ccccc4)cc3)c3cccc4ccccc34)cc12. The van der Waals surface area contributed by atoms with Crippen LogP contribution in [0, 0.1) is 0 Å². The van der Waals surface area contributed by atoms with Gasteiger partial charge in [-0.2, -0.15) is 0 Å². The normalized spacial score (nSPS) is 13.6. The summed E-state index contributed by atoms with van der Waals surface area (Å²) >= 11 is 0. The van der Waals surface area contributed by atoms with Crippen molar-refractivity contribution in [2.24, 2.45) is 0 Å². The van der Waals surface area contributed by atoms with Crippen molar-refractivity contribution in [1.82, 2.24) is 0 Å². The molecular weight excluding hydrogens is 567 g/mol. The molecule has 1 heteroatoms. The summed E-state index contributed by atoms with van der Waals surface area (Å²) in [6.45, 7) is 11.3. The quantitative estimate of drug-likeness (QED) is 0.183. The van der Waals surface area contributed by atoms with E-state index in [1.54, 1.807) is 0 Å². The third kappa shape index (κ3) is 4.70. The van der Waals surface area contributed by atoms with Crippen LogP contribution in [0.25, 0.3) is 44.3 Å². The number of hydrogen-bond acceptors (Lipinski definition) is 1. The lowest BCUT2D eigenvalue weighted by Crippen LogP contribution is -2.15. The standard InChI is InChI=1S/C46H37N/c1-5-38-40(45-31(2)46(3,4)43-20-12-11-19-41(43)45)29-25-35-24-28-37(30-42(35)38)47(44-21-13-17-34-16-9-10-18-39(34)44)36-26-22-33(23-27-36)32-14-7-6-8-15-32/h5-30H,1H2,2-4H3. The van der Waals surface area contributed by atoms with Crippen molar-refractivity contribution in [2.75, 3.05) is 4.90 Å². The zero-order valence-corrected chi connectivity index (χ0v) is 27.2. The third-order valence-electron chi connectivity index (χ3n) is 10.2. The summed E-state index contributed by atoms with van der Waals surface area (Å²) in [5.74, 6) is 0. The average Bonchev–Trinajstić information content (AvgIpc) is 3.32. The van der Waals surface area contributed by atoms with Gasteiger partial charge in [0.2, 0.25) is 0 Å². The molecule has 0 unspecified atom stereocenters. The van der Waals surface area contributed by atoms with Crippen molar-refractivity contribution in [3.05, 3.63) is 186 Å². The van der Waals surface area contributed by atoms with Gasteiger partial charge in [-0.05, 0) is 92.4 Å². The van der Waals surface area contributed by atoms with E-state index in [0.29, 0.717) is 0 Å². The molecule has 0 saturated heterocycles. The van der Waals surface area contributed by atoms with E-state index in [-0.39, 0.29) is 5.41 Å². The average molecular weight is 604 g/mol. The second kappa shape index (κ2) is 11.3. The van der Waals surface area contributed by atoms with Crippen LogP contribution in [0.3, 0.4) is 0 Å². The molecule has 0 aliphatic heterocycles. The Kier molecular flexibility index (Phi) is 6.92. The first-order valence-corrected chi connectivity index (χ1v) is 16.4. The van der Waals surface area contributed by atoms with E-state index < -0.39 is 0 Å². The van der Waals surface area contributed by atoms with Crippen LogP contribution in [0.4, 0.5) is 17.1 Å². The Hall–Kier alpha value is -5.66. The first-order valence-electron chi connectivity index (χ1n) is 16.4. The largest absolute Gasteiger partial charge is 0.310 e. The van der Waals surface area contributed by atoms with Crippen LogP contribution in [-0.4, -0.2) is 0 Å². The van der Waals surface area contributed by atoms with Gasteiger partial charge < -0.3 is 4.90 Å². The minimum absolute atomic E-state index is 0.0295. The molecule has 1 aliphatic rings. The summed E-state index contributed by atoms with van der Waals surface area (Å²) in [6, 6.07) is 55.0. The van der Waals surface area contributed by atoms with Gasteiger partial charge in [0.15, 0.2) is 0 Å². The second-order valence-electron chi connectivity index (χ2n) is 13.1. The van der Waals surface area contributed by atoms with Crippen LogP contribution in [-0.2, 0) is 5.41 Å². The van der Waals surface area contributed by atoms with Crippen molar-refractivity contribution < 1.29 is 0 Å². The molecule has 7 aromatic rings. The van der Waals surface area contributed by atoms with Gasteiger partial charge in [-0.25, -0.2) is 0 Å². The lowest BCUT2D eigenvalue weighted by atomic mass is 9.82. The van der Waals surface area contributed by atoms with Crippen LogP contribution in [0.2, 0.25) is 0 Å². The van der Waals surface area contributed by atoms with E-state index in [9.17, 15) is 0 Å². The highest BCUT2D eigenvalue weighted by Gasteiger charge is 2.36. The van der Waals surface area contributed by atoms with Crippen LogP contribution in [0.1, 0.15) is 43.0 Å². The maximum atomic E-state index is 4.36. The molecule has 47 heavy (non-hydrogen) atoms. The van der Waals surface area contributed by atoms with Crippen molar-refractivity contribution >= 4 is 50.3 Å². The zero-order valence-electron chi connectivity index (χ0n) is 27.2. The molecule has 0 heterocycles. The number of rotatable bonds is 6. The van der Waals surface area contributed by atoms with Gasteiger partial charge in [-0.15, -0.1) is 0 Å². The Morgan fingerprint density at radius 2 is 1.19 bits per heavy atom. The van der Waals surface area contributed by atoms with Gasteiger partial charge in [0.1, 0.15) is 0 Å². The van der Waals surface area contributed by atoms with Crippen molar-refractivity contribution in [1.29, 1.82) is 0 Å². The van der Waals surface area contributed by atoms with Crippen molar-refractivity contribution in [3.8, 4) is 11.1 Å². The van der Waals surface area contributed by atoms with E-state index in [1.165, 1.54) is 66.1 Å². The summed E-state index contributed by atoms with van der Waals surface area (Å²) in [7, 11) is 0. The molecule has 0 spiro atoms. The van der Waals surface area contributed by atoms with Gasteiger partial charge in [-0.1, -0.05) is 153 Å². The van der Waals surface area contributed by atoms with E-state index in [0.717, 1.165) is 17.1 Å². The number of hydrogen-bond donors (Lipinski definition) is 0. The Morgan fingerprint density at radius 3 is 2.00 bits per heavy atom. The molecule has 0 amide bonds. The lowest BCUT2D eigenvalue weighted by Gasteiger charge is -2.28. The highest BCUT2D eigenvalue weighted by molar-refractivity contribution is 6.04. The highest BCUT2D eigenvalue weighted by Crippen LogP contribution is 2.50. The molecule has 0 saturated carbocycles. The maximum Gasteiger partial charge on any atom is 0.0540 e. The Bertz CT molecular complexity index is 2330. The molecule has 0 atom stereocenters. The molecule has 226 valence electrons. The van der Waals surface area contributed by atoms with E-state index in [1.807, 2.05) is 6.08 Å². The Balaban J connectivity index is 1.34. The first-order chi connectivity index (χ1) is 23.0. The summed E-state index contributed by atoms with van der Waals surface area (Å²) in [6.07, 6.45) is 2.05. The fraction of sp³-hybridized carbons (Fsp3) is 0.0870. The third-order valence-corrected chi connectivity index (χ3v) is 10.2.